The number of nitro groups is 1. The van der Waals surface area contributed by atoms with Crippen LogP contribution >= 0.6 is 0 Å². The first-order valence-electron chi connectivity index (χ1n) is 8.40. The molecule has 2 N–H and O–H groups in total. The molecule has 0 bridgehead atoms. The Hall–Kier alpha value is -4.12. The molecule has 0 saturated carbocycles. The van der Waals surface area contributed by atoms with E-state index in [1.165, 1.54) is 29.7 Å². The van der Waals surface area contributed by atoms with Gasteiger partial charge in [-0.05, 0) is 17.7 Å². The minimum absolute atomic E-state index is 0.0852. The fraction of sp³-hybridized carbons (Fsp3) is 0.100. The van der Waals surface area contributed by atoms with Gasteiger partial charge in [0.2, 0.25) is 11.8 Å². The number of hydrogen-bond acceptors (Lipinski definition) is 6. The van der Waals surface area contributed by atoms with E-state index in [-0.39, 0.29) is 23.1 Å². The molecule has 1 aliphatic heterocycles. The number of nitrogens with zero attached hydrogens (tertiary/aromatic N) is 3. The van der Waals surface area contributed by atoms with Gasteiger partial charge in [-0.3, -0.25) is 19.5 Å². The summed E-state index contributed by atoms with van der Waals surface area (Å²) in [4.78, 5) is 23.2. The van der Waals surface area contributed by atoms with E-state index >= 15 is 0 Å². The molecule has 28 heavy (non-hydrogen) atoms. The molecule has 2 heterocycles. The van der Waals surface area contributed by atoms with Crippen LogP contribution in [0.1, 0.15) is 28.9 Å². The van der Waals surface area contributed by atoms with Gasteiger partial charge in [0.25, 0.3) is 5.69 Å². The quantitative estimate of drug-likeness (QED) is 0.541. The van der Waals surface area contributed by atoms with Crippen molar-refractivity contribution < 1.29 is 14.5 Å². The lowest BCUT2D eigenvalue weighted by atomic mass is 9.86. The van der Waals surface area contributed by atoms with Crippen molar-refractivity contribution in [3.8, 4) is 11.8 Å². The fourth-order valence-corrected chi connectivity index (χ4v) is 3.64. The summed E-state index contributed by atoms with van der Waals surface area (Å²) >= 11 is 0. The lowest BCUT2D eigenvalue weighted by Crippen LogP contribution is -2.24. The van der Waals surface area contributed by atoms with Crippen molar-refractivity contribution in [2.24, 2.45) is 5.73 Å². The van der Waals surface area contributed by atoms with Crippen molar-refractivity contribution in [2.45, 2.75) is 12.8 Å². The standard InChI is InChI=1S/C20H14N4O4/c1-11(25)23-16-8-3-2-7-14(16)19-18(23)17(15(10-21)20(22)28-19)12-5-4-6-13(9-12)24(26)27/h2-9,17H,22H2,1H3/t17-/m1/s1. The maximum absolute atomic E-state index is 12.5. The molecule has 1 aliphatic rings. The monoisotopic (exact) mass is 374 g/mol. The molecule has 0 fully saturated rings. The van der Waals surface area contributed by atoms with Crippen LogP contribution in [0.4, 0.5) is 5.69 Å². The van der Waals surface area contributed by atoms with E-state index in [0.29, 0.717) is 27.9 Å². The lowest BCUT2D eigenvalue weighted by molar-refractivity contribution is -0.384. The molecule has 8 nitrogen and oxygen atoms in total. The third kappa shape index (κ3) is 2.41. The highest BCUT2D eigenvalue weighted by Crippen LogP contribution is 2.47. The smallest absolute Gasteiger partial charge is 0.269 e. The van der Waals surface area contributed by atoms with Gasteiger partial charge in [-0.2, -0.15) is 5.26 Å². The third-order valence-electron chi connectivity index (χ3n) is 4.75. The number of para-hydroxylation sites is 1. The van der Waals surface area contributed by atoms with Crippen LogP contribution in [0.5, 0.6) is 5.75 Å². The van der Waals surface area contributed by atoms with Gasteiger partial charge in [0.05, 0.1) is 22.1 Å². The molecule has 0 amide bonds. The topological polar surface area (TPSA) is 124 Å². The van der Waals surface area contributed by atoms with Gasteiger partial charge in [0.15, 0.2) is 5.75 Å². The number of benzene rings is 2. The number of hydrogen-bond donors (Lipinski definition) is 1. The molecule has 4 rings (SSSR count). The normalized spacial score (nSPS) is 15.6. The molecule has 0 aliphatic carbocycles. The fourth-order valence-electron chi connectivity index (χ4n) is 3.64. The van der Waals surface area contributed by atoms with Crippen molar-refractivity contribution in [3.63, 3.8) is 0 Å². The summed E-state index contributed by atoms with van der Waals surface area (Å²) in [6.07, 6.45) is 0. The second-order valence-corrected chi connectivity index (χ2v) is 6.36. The number of rotatable bonds is 2. The highest BCUT2D eigenvalue weighted by Gasteiger charge is 2.37. The number of non-ortho nitro benzene ring substituents is 1. The number of nitrogens with two attached hydrogens (primary N) is 1. The Labute approximate surface area is 159 Å². The summed E-state index contributed by atoms with van der Waals surface area (Å²) in [6, 6.07) is 15.1. The maximum atomic E-state index is 12.5. The van der Waals surface area contributed by atoms with Gasteiger partial charge >= 0.3 is 0 Å². The van der Waals surface area contributed by atoms with Crippen LogP contribution in [-0.4, -0.2) is 15.4 Å². The molecule has 2 aromatic carbocycles. The number of ether oxygens (including phenoxy) is 1. The summed E-state index contributed by atoms with van der Waals surface area (Å²) in [7, 11) is 0. The van der Waals surface area contributed by atoms with Gasteiger partial charge in [0, 0.05) is 24.4 Å². The molecule has 0 unspecified atom stereocenters. The summed E-state index contributed by atoms with van der Waals surface area (Å²) in [5.41, 5.74) is 7.51. The first-order chi connectivity index (χ1) is 13.4. The molecular weight excluding hydrogens is 360 g/mol. The molecule has 3 aromatic rings. The molecule has 0 spiro atoms. The Balaban J connectivity index is 2.10. The summed E-state index contributed by atoms with van der Waals surface area (Å²) in [5.74, 6) is -0.754. The first-order valence-corrected chi connectivity index (χ1v) is 8.40. The number of nitro benzene ring substituents is 1. The van der Waals surface area contributed by atoms with E-state index in [4.69, 9.17) is 10.5 Å². The molecule has 138 valence electrons. The minimum atomic E-state index is -0.773. The molecule has 0 radical (unpaired) electrons. The largest absolute Gasteiger partial charge is 0.438 e. The molecule has 0 saturated heterocycles. The Bertz CT molecular complexity index is 1230. The zero-order valence-corrected chi connectivity index (χ0v) is 14.7. The lowest BCUT2D eigenvalue weighted by Gasteiger charge is -2.25. The molecule has 1 aromatic heterocycles. The van der Waals surface area contributed by atoms with Crippen LogP contribution in [0.15, 0.2) is 60.0 Å². The number of carbonyl (C=O) groups excluding carboxylic acids is 1. The SMILES string of the molecule is CC(=O)n1c2c(c3ccccc31)OC(N)=C(C#N)[C@H]2c1cccc([N+](=O)[O-])c1. The molecular formula is C20H14N4O4. The van der Waals surface area contributed by atoms with Crippen molar-refractivity contribution >= 4 is 22.5 Å². The predicted octanol–water partition coefficient (Wildman–Crippen LogP) is 3.43. The Morgan fingerprint density at radius 2 is 2.04 bits per heavy atom. The summed E-state index contributed by atoms with van der Waals surface area (Å²) in [5, 5.41) is 21.6. The van der Waals surface area contributed by atoms with Crippen molar-refractivity contribution in [3.05, 3.63) is 81.4 Å². The molecule has 1 atom stereocenters. The number of aromatic nitrogens is 1. The van der Waals surface area contributed by atoms with Crippen LogP contribution in [0.25, 0.3) is 10.9 Å². The number of carbonyl (C=O) groups is 1. The van der Waals surface area contributed by atoms with Gasteiger partial charge in [-0.15, -0.1) is 0 Å². The van der Waals surface area contributed by atoms with E-state index in [2.05, 4.69) is 0 Å². The van der Waals surface area contributed by atoms with E-state index in [1.807, 2.05) is 6.07 Å². The van der Waals surface area contributed by atoms with Crippen molar-refractivity contribution in [1.29, 1.82) is 5.26 Å². The van der Waals surface area contributed by atoms with Gasteiger partial charge in [0.1, 0.15) is 11.6 Å². The van der Waals surface area contributed by atoms with Crippen LogP contribution < -0.4 is 10.5 Å². The average Bonchev–Trinajstić information content (AvgIpc) is 3.01. The van der Waals surface area contributed by atoms with E-state index in [9.17, 15) is 20.2 Å². The van der Waals surface area contributed by atoms with Crippen LogP contribution in [0, 0.1) is 21.4 Å². The van der Waals surface area contributed by atoms with Crippen molar-refractivity contribution in [1.82, 2.24) is 4.57 Å². The van der Waals surface area contributed by atoms with E-state index in [1.54, 1.807) is 30.3 Å². The second-order valence-electron chi connectivity index (χ2n) is 6.36. The van der Waals surface area contributed by atoms with Crippen molar-refractivity contribution in [2.75, 3.05) is 0 Å². The zero-order chi connectivity index (χ0) is 20.0. The van der Waals surface area contributed by atoms with Gasteiger partial charge in [-0.1, -0.05) is 24.3 Å². The Morgan fingerprint density at radius 3 is 2.71 bits per heavy atom. The zero-order valence-electron chi connectivity index (χ0n) is 14.7. The number of fused-ring (bicyclic) bond motifs is 3. The number of allylic oxidation sites excluding steroid dienone is 1. The Morgan fingerprint density at radius 1 is 1.29 bits per heavy atom. The average molecular weight is 374 g/mol. The maximum Gasteiger partial charge on any atom is 0.269 e. The minimum Gasteiger partial charge on any atom is -0.438 e. The number of nitriles is 1. The molecule has 8 heteroatoms. The first kappa shape index (κ1) is 17.3. The Kier molecular flexibility index (Phi) is 3.86. The summed E-state index contributed by atoms with van der Waals surface area (Å²) < 4.78 is 7.21. The van der Waals surface area contributed by atoms with Crippen LogP contribution in [-0.2, 0) is 0 Å². The highest BCUT2D eigenvalue weighted by molar-refractivity contribution is 5.98. The van der Waals surface area contributed by atoms with Crippen LogP contribution in [0.2, 0.25) is 0 Å². The van der Waals surface area contributed by atoms with E-state index in [0.717, 1.165) is 0 Å². The highest BCUT2D eigenvalue weighted by atomic mass is 16.6. The second kappa shape index (κ2) is 6.25. The predicted molar refractivity (Wildman–Crippen MR) is 101 cm³/mol. The van der Waals surface area contributed by atoms with Gasteiger partial charge in [-0.25, -0.2) is 0 Å². The van der Waals surface area contributed by atoms with Gasteiger partial charge < -0.3 is 10.5 Å². The van der Waals surface area contributed by atoms with Crippen LogP contribution in [0.3, 0.4) is 0 Å². The van der Waals surface area contributed by atoms with E-state index < -0.39 is 10.8 Å². The summed E-state index contributed by atoms with van der Waals surface area (Å²) in [6.45, 7) is 1.41. The third-order valence-corrected chi connectivity index (χ3v) is 4.75.